The number of hydrogen-bond acceptors (Lipinski definition) is 2. The van der Waals surface area contributed by atoms with Crippen LogP contribution in [0.3, 0.4) is 0 Å². The SMILES string of the molecule is O=C(O)CC[C@H]1CCCN(C(=O)Cc2ccc(Br)cc2)C1. The number of aliphatic carboxylic acids is 1. The van der Waals surface area contributed by atoms with Gasteiger partial charge in [0.1, 0.15) is 0 Å². The topological polar surface area (TPSA) is 57.6 Å². The fourth-order valence-electron chi connectivity index (χ4n) is 2.74. The predicted molar refractivity (Wildman–Crippen MR) is 84.0 cm³/mol. The minimum absolute atomic E-state index is 0.136. The summed E-state index contributed by atoms with van der Waals surface area (Å²) < 4.78 is 1.01. The number of hydrogen-bond donors (Lipinski definition) is 1. The van der Waals surface area contributed by atoms with E-state index < -0.39 is 5.97 Å². The van der Waals surface area contributed by atoms with Gasteiger partial charge < -0.3 is 10.0 Å². The minimum atomic E-state index is -0.756. The molecule has 114 valence electrons. The van der Waals surface area contributed by atoms with Crippen molar-refractivity contribution in [1.29, 1.82) is 0 Å². The fourth-order valence-corrected chi connectivity index (χ4v) is 3.01. The summed E-state index contributed by atoms with van der Waals surface area (Å²) in [6, 6.07) is 7.78. The van der Waals surface area contributed by atoms with E-state index in [0.29, 0.717) is 25.3 Å². The first-order valence-electron chi connectivity index (χ1n) is 7.28. The van der Waals surface area contributed by atoms with E-state index in [4.69, 9.17) is 5.11 Å². The first-order valence-corrected chi connectivity index (χ1v) is 8.08. The van der Waals surface area contributed by atoms with Crippen molar-refractivity contribution in [3.05, 3.63) is 34.3 Å². The van der Waals surface area contributed by atoms with E-state index in [2.05, 4.69) is 15.9 Å². The lowest BCUT2D eigenvalue weighted by molar-refractivity contribution is -0.137. The van der Waals surface area contributed by atoms with E-state index in [0.717, 1.165) is 29.4 Å². The zero-order valence-electron chi connectivity index (χ0n) is 11.9. The zero-order chi connectivity index (χ0) is 15.2. The maximum atomic E-state index is 12.3. The third-order valence-corrected chi connectivity index (χ3v) is 4.44. The summed E-state index contributed by atoms with van der Waals surface area (Å²) in [6.45, 7) is 1.49. The van der Waals surface area contributed by atoms with Gasteiger partial charge in [-0.25, -0.2) is 0 Å². The molecule has 5 heteroatoms. The summed E-state index contributed by atoms with van der Waals surface area (Å²) in [5.41, 5.74) is 1.01. The molecule has 4 nitrogen and oxygen atoms in total. The summed E-state index contributed by atoms with van der Waals surface area (Å²) in [5.74, 6) is -0.297. The highest BCUT2D eigenvalue weighted by Crippen LogP contribution is 2.22. The molecule has 1 saturated heterocycles. The molecular formula is C16H20BrNO3. The largest absolute Gasteiger partial charge is 0.481 e. The van der Waals surface area contributed by atoms with Crippen molar-refractivity contribution in [3.63, 3.8) is 0 Å². The Bertz CT molecular complexity index is 501. The first kappa shape index (κ1) is 16.0. The van der Waals surface area contributed by atoms with Crippen LogP contribution in [0.1, 0.15) is 31.2 Å². The molecule has 1 N–H and O–H groups in total. The van der Waals surface area contributed by atoms with Gasteiger partial charge in [-0.05, 0) is 42.9 Å². The molecule has 1 aromatic rings. The molecule has 0 spiro atoms. The summed E-state index contributed by atoms with van der Waals surface area (Å²) in [4.78, 5) is 24.9. The summed E-state index contributed by atoms with van der Waals surface area (Å²) in [6.07, 6.45) is 3.27. The van der Waals surface area contributed by atoms with E-state index in [1.54, 1.807) is 0 Å². The van der Waals surface area contributed by atoms with Crippen molar-refractivity contribution in [1.82, 2.24) is 4.90 Å². The van der Waals surface area contributed by atoms with Gasteiger partial charge in [-0.3, -0.25) is 9.59 Å². The summed E-state index contributed by atoms with van der Waals surface area (Å²) in [7, 11) is 0. The van der Waals surface area contributed by atoms with Crippen LogP contribution in [-0.2, 0) is 16.0 Å². The van der Waals surface area contributed by atoms with Gasteiger partial charge in [-0.1, -0.05) is 28.1 Å². The molecule has 0 aliphatic carbocycles. The molecule has 2 rings (SSSR count). The van der Waals surface area contributed by atoms with Gasteiger partial charge >= 0.3 is 5.97 Å². The van der Waals surface area contributed by atoms with Crippen LogP contribution in [0.2, 0.25) is 0 Å². The smallest absolute Gasteiger partial charge is 0.303 e. The van der Waals surface area contributed by atoms with Crippen molar-refractivity contribution in [2.45, 2.75) is 32.1 Å². The van der Waals surface area contributed by atoms with Crippen LogP contribution in [0, 0.1) is 5.92 Å². The molecule has 1 atom stereocenters. The van der Waals surface area contributed by atoms with Gasteiger partial charge in [0.05, 0.1) is 6.42 Å². The lowest BCUT2D eigenvalue weighted by Gasteiger charge is -2.32. The molecule has 0 bridgehead atoms. The van der Waals surface area contributed by atoms with Gasteiger partial charge in [0, 0.05) is 24.0 Å². The summed E-state index contributed by atoms with van der Waals surface area (Å²) in [5, 5.41) is 8.75. The third kappa shape index (κ3) is 5.16. The van der Waals surface area contributed by atoms with Crippen molar-refractivity contribution in [2.75, 3.05) is 13.1 Å². The van der Waals surface area contributed by atoms with Crippen LogP contribution in [0.25, 0.3) is 0 Å². The lowest BCUT2D eigenvalue weighted by Crippen LogP contribution is -2.40. The maximum absolute atomic E-state index is 12.3. The van der Waals surface area contributed by atoms with Crippen molar-refractivity contribution >= 4 is 27.8 Å². The average molecular weight is 354 g/mol. The standard InChI is InChI=1S/C16H20BrNO3/c17-14-6-3-12(4-7-14)10-15(19)18-9-1-2-13(11-18)5-8-16(20)21/h3-4,6-7,13H,1-2,5,8-11H2,(H,20,21)/t13-/m1/s1. The normalized spacial score (nSPS) is 18.5. The van der Waals surface area contributed by atoms with E-state index in [9.17, 15) is 9.59 Å². The Balaban J connectivity index is 1.86. The molecule has 1 aromatic carbocycles. The molecule has 21 heavy (non-hydrogen) atoms. The van der Waals surface area contributed by atoms with Crippen LogP contribution < -0.4 is 0 Å². The monoisotopic (exact) mass is 353 g/mol. The number of carbonyl (C=O) groups excluding carboxylic acids is 1. The number of halogens is 1. The second kappa shape index (κ2) is 7.59. The number of likely N-dealkylation sites (tertiary alicyclic amines) is 1. The Hall–Kier alpha value is -1.36. The number of carboxylic acid groups (broad SMARTS) is 1. The molecule has 0 radical (unpaired) electrons. The highest BCUT2D eigenvalue weighted by atomic mass is 79.9. The molecule has 0 saturated carbocycles. The predicted octanol–water partition coefficient (Wildman–Crippen LogP) is 3.10. The number of nitrogens with zero attached hydrogens (tertiary/aromatic N) is 1. The molecule has 1 heterocycles. The number of rotatable bonds is 5. The Labute approximate surface area is 133 Å². The van der Waals surface area contributed by atoms with E-state index in [1.807, 2.05) is 29.2 Å². The van der Waals surface area contributed by atoms with E-state index in [1.165, 1.54) is 0 Å². The number of amides is 1. The average Bonchev–Trinajstić information content (AvgIpc) is 2.48. The fraction of sp³-hybridized carbons (Fsp3) is 0.500. The van der Waals surface area contributed by atoms with E-state index in [-0.39, 0.29) is 12.3 Å². The number of piperidine rings is 1. The highest BCUT2D eigenvalue weighted by molar-refractivity contribution is 9.10. The quantitative estimate of drug-likeness (QED) is 0.884. The molecule has 0 unspecified atom stereocenters. The van der Waals surface area contributed by atoms with Gasteiger partial charge in [0.15, 0.2) is 0 Å². The maximum Gasteiger partial charge on any atom is 0.303 e. The van der Waals surface area contributed by atoms with Crippen molar-refractivity contribution in [2.24, 2.45) is 5.92 Å². The van der Waals surface area contributed by atoms with Crippen LogP contribution in [0.15, 0.2) is 28.7 Å². The Morgan fingerprint density at radius 2 is 2.00 bits per heavy atom. The second-order valence-electron chi connectivity index (χ2n) is 5.58. The van der Waals surface area contributed by atoms with Gasteiger partial charge in [-0.2, -0.15) is 0 Å². The minimum Gasteiger partial charge on any atom is -0.481 e. The van der Waals surface area contributed by atoms with Crippen LogP contribution in [0.4, 0.5) is 0 Å². The Morgan fingerprint density at radius 1 is 1.29 bits per heavy atom. The lowest BCUT2D eigenvalue weighted by atomic mass is 9.93. The summed E-state index contributed by atoms with van der Waals surface area (Å²) >= 11 is 3.38. The van der Waals surface area contributed by atoms with Crippen molar-refractivity contribution < 1.29 is 14.7 Å². The number of benzene rings is 1. The van der Waals surface area contributed by atoms with Crippen LogP contribution in [-0.4, -0.2) is 35.0 Å². The zero-order valence-corrected chi connectivity index (χ0v) is 13.5. The second-order valence-corrected chi connectivity index (χ2v) is 6.50. The molecule has 0 aromatic heterocycles. The van der Waals surface area contributed by atoms with Gasteiger partial charge in [0.25, 0.3) is 0 Å². The number of carboxylic acids is 1. The van der Waals surface area contributed by atoms with Crippen LogP contribution >= 0.6 is 15.9 Å². The molecule has 1 fully saturated rings. The molecule has 1 amide bonds. The van der Waals surface area contributed by atoms with E-state index >= 15 is 0 Å². The third-order valence-electron chi connectivity index (χ3n) is 3.91. The molecule has 1 aliphatic rings. The van der Waals surface area contributed by atoms with Crippen molar-refractivity contribution in [3.8, 4) is 0 Å². The molecule has 1 aliphatic heterocycles. The van der Waals surface area contributed by atoms with Gasteiger partial charge in [-0.15, -0.1) is 0 Å². The molecular weight excluding hydrogens is 334 g/mol. The first-order chi connectivity index (χ1) is 10.0. The van der Waals surface area contributed by atoms with Crippen LogP contribution in [0.5, 0.6) is 0 Å². The number of carbonyl (C=O) groups is 2. The Morgan fingerprint density at radius 3 is 2.67 bits per heavy atom. The Kier molecular flexibility index (Phi) is 5.79. The van der Waals surface area contributed by atoms with Gasteiger partial charge in [0.2, 0.25) is 5.91 Å². The highest BCUT2D eigenvalue weighted by Gasteiger charge is 2.23.